The summed E-state index contributed by atoms with van der Waals surface area (Å²) >= 11 is 0. The van der Waals surface area contributed by atoms with Crippen LogP contribution in [0.25, 0.3) is 0 Å². The highest BCUT2D eigenvalue weighted by molar-refractivity contribution is 5.79. The van der Waals surface area contributed by atoms with Crippen molar-refractivity contribution in [1.82, 2.24) is 15.6 Å². The quantitative estimate of drug-likeness (QED) is 0.644. The maximum Gasteiger partial charge on any atom is 0.191 e. The van der Waals surface area contributed by atoms with Gasteiger partial charge in [0.2, 0.25) is 0 Å². The molecule has 0 amide bonds. The summed E-state index contributed by atoms with van der Waals surface area (Å²) in [5.74, 6) is 0.798. The van der Waals surface area contributed by atoms with Gasteiger partial charge in [0.15, 0.2) is 5.96 Å². The Balaban J connectivity index is 1.73. The van der Waals surface area contributed by atoms with Crippen molar-refractivity contribution in [1.29, 1.82) is 0 Å². The zero-order chi connectivity index (χ0) is 14.0. The van der Waals surface area contributed by atoms with E-state index in [9.17, 15) is 0 Å². The van der Waals surface area contributed by atoms with E-state index in [1.165, 1.54) is 5.56 Å². The average molecular weight is 268 g/mol. The second kappa shape index (κ2) is 7.94. The smallest absolute Gasteiger partial charge is 0.191 e. The molecule has 0 aliphatic carbocycles. The van der Waals surface area contributed by atoms with E-state index in [4.69, 9.17) is 0 Å². The molecule has 0 saturated carbocycles. The molecule has 0 radical (unpaired) electrons. The molecule has 4 nitrogen and oxygen atoms in total. The number of hydrogen-bond donors (Lipinski definition) is 2. The van der Waals surface area contributed by atoms with Crippen LogP contribution in [0.4, 0.5) is 0 Å². The van der Waals surface area contributed by atoms with E-state index >= 15 is 0 Å². The standard InChI is InChI=1S/C16H20N4/c1-17-16(20-13-15-9-5-6-11-18-15)19-12-10-14-7-3-2-4-8-14/h2-9,11H,10,12-13H2,1H3,(H2,17,19,20). The normalized spacial score (nSPS) is 11.2. The molecule has 0 unspecified atom stereocenters. The lowest BCUT2D eigenvalue weighted by molar-refractivity contribution is 0.783. The first-order chi connectivity index (χ1) is 9.88. The van der Waals surface area contributed by atoms with Crippen molar-refractivity contribution in [2.45, 2.75) is 13.0 Å². The molecule has 2 N–H and O–H groups in total. The topological polar surface area (TPSA) is 49.3 Å². The molecule has 20 heavy (non-hydrogen) atoms. The summed E-state index contributed by atoms with van der Waals surface area (Å²) in [6.45, 7) is 1.53. The second-order valence-electron chi connectivity index (χ2n) is 4.41. The van der Waals surface area contributed by atoms with Gasteiger partial charge in [-0.25, -0.2) is 0 Å². The lowest BCUT2D eigenvalue weighted by atomic mass is 10.1. The van der Waals surface area contributed by atoms with Crippen molar-refractivity contribution < 1.29 is 0 Å². The highest BCUT2D eigenvalue weighted by Gasteiger charge is 1.98. The number of aliphatic imine (C=N–C) groups is 1. The maximum atomic E-state index is 4.27. The Kier molecular flexibility index (Phi) is 5.58. The van der Waals surface area contributed by atoms with Gasteiger partial charge in [0.25, 0.3) is 0 Å². The highest BCUT2D eigenvalue weighted by Crippen LogP contribution is 1.98. The van der Waals surface area contributed by atoms with Crippen LogP contribution in [0.2, 0.25) is 0 Å². The molecule has 4 heteroatoms. The van der Waals surface area contributed by atoms with Crippen LogP contribution in [0.5, 0.6) is 0 Å². The monoisotopic (exact) mass is 268 g/mol. The fourth-order valence-corrected chi connectivity index (χ4v) is 1.87. The van der Waals surface area contributed by atoms with E-state index in [-0.39, 0.29) is 0 Å². The number of pyridine rings is 1. The number of aromatic nitrogens is 1. The molecule has 0 aliphatic heterocycles. The lowest BCUT2D eigenvalue weighted by Gasteiger charge is -2.11. The van der Waals surface area contributed by atoms with Gasteiger partial charge in [-0.1, -0.05) is 36.4 Å². The van der Waals surface area contributed by atoms with Gasteiger partial charge in [-0.15, -0.1) is 0 Å². The van der Waals surface area contributed by atoms with Gasteiger partial charge < -0.3 is 10.6 Å². The number of nitrogens with zero attached hydrogens (tertiary/aromatic N) is 2. The van der Waals surface area contributed by atoms with E-state index in [1.807, 2.05) is 24.3 Å². The van der Waals surface area contributed by atoms with Crippen LogP contribution in [-0.2, 0) is 13.0 Å². The minimum atomic E-state index is 0.672. The summed E-state index contributed by atoms with van der Waals surface area (Å²) in [4.78, 5) is 8.47. The molecule has 104 valence electrons. The zero-order valence-corrected chi connectivity index (χ0v) is 11.7. The Morgan fingerprint density at radius 2 is 1.85 bits per heavy atom. The molecule has 2 rings (SSSR count). The molecule has 2 aromatic rings. The molecule has 0 fully saturated rings. The van der Waals surface area contributed by atoms with Gasteiger partial charge in [-0.3, -0.25) is 9.98 Å². The molecule has 0 spiro atoms. The van der Waals surface area contributed by atoms with E-state index < -0.39 is 0 Å². The van der Waals surface area contributed by atoms with Crippen LogP contribution in [0.3, 0.4) is 0 Å². The van der Waals surface area contributed by atoms with Crippen molar-refractivity contribution in [2.24, 2.45) is 4.99 Å². The first-order valence-electron chi connectivity index (χ1n) is 6.77. The van der Waals surface area contributed by atoms with Gasteiger partial charge in [0.1, 0.15) is 0 Å². The third-order valence-electron chi connectivity index (χ3n) is 2.94. The molecular weight excluding hydrogens is 248 g/mol. The van der Waals surface area contributed by atoms with Crippen LogP contribution < -0.4 is 10.6 Å². The molecular formula is C16H20N4. The molecule has 0 saturated heterocycles. The summed E-state index contributed by atoms with van der Waals surface area (Å²) in [6.07, 6.45) is 2.77. The Hall–Kier alpha value is -2.36. The molecule has 1 aromatic heterocycles. The maximum absolute atomic E-state index is 4.27. The molecule has 0 bridgehead atoms. The van der Waals surface area contributed by atoms with E-state index in [0.717, 1.165) is 24.6 Å². The van der Waals surface area contributed by atoms with Gasteiger partial charge >= 0.3 is 0 Å². The van der Waals surface area contributed by atoms with Crippen LogP contribution in [0.15, 0.2) is 59.7 Å². The fourth-order valence-electron chi connectivity index (χ4n) is 1.87. The number of hydrogen-bond acceptors (Lipinski definition) is 2. The lowest BCUT2D eigenvalue weighted by Crippen LogP contribution is -2.38. The van der Waals surface area contributed by atoms with Gasteiger partial charge in [0.05, 0.1) is 12.2 Å². The fraction of sp³-hybridized carbons (Fsp3) is 0.250. The largest absolute Gasteiger partial charge is 0.356 e. The highest BCUT2D eigenvalue weighted by atomic mass is 15.2. The summed E-state index contributed by atoms with van der Waals surface area (Å²) in [6, 6.07) is 16.3. The van der Waals surface area contributed by atoms with Crippen molar-refractivity contribution in [2.75, 3.05) is 13.6 Å². The van der Waals surface area contributed by atoms with E-state index in [1.54, 1.807) is 13.2 Å². The van der Waals surface area contributed by atoms with Crippen LogP contribution in [0.1, 0.15) is 11.3 Å². The number of guanidine groups is 1. The zero-order valence-electron chi connectivity index (χ0n) is 11.7. The number of rotatable bonds is 5. The third-order valence-corrected chi connectivity index (χ3v) is 2.94. The minimum absolute atomic E-state index is 0.672. The Morgan fingerprint density at radius 1 is 1.05 bits per heavy atom. The second-order valence-corrected chi connectivity index (χ2v) is 4.41. The average Bonchev–Trinajstić information content (AvgIpc) is 2.52. The van der Waals surface area contributed by atoms with Gasteiger partial charge in [-0.05, 0) is 24.1 Å². The number of nitrogens with one attached hydrogen (secondary N) is 2. The van der Waals surface area contributed by atoms with E-state index in [2.05, 4.69) is 44.9 Å². The molecule has 0 aliphatic rings. The molecule has 0 atom stereocenters. The van der Waals surface area contributed by atoms with Crippen molar-refractivity contribution in [3.8, 4) is 0 Å². The molecule has 1 heterocycles. The van der Waals surface area contributed by atoms with Crippen LogP contribution in [-0.4, -0.2) is 24.5 Å². The Morgan fingerprint density at radius 3 is 2.55 bits per heavy atom. The SMILES string of the molecule is CN=C(NCCc1ccccc1)NCc1ccccn1. The van der Waals surface area contributed by atoms with Crippen molar-refractivity contribution in [3.63, 3.8) is 0 Å². The molecule has 1 aromatic carbocycles. The summed E-state index contributed by atoms with van der Waals surface area (Å²) in [7, 11) is 1.77. The predicted octanol–water partition coefficient (Wildman–Crippen LogP) is 1.99. The first kappa shape index (κ1) is 14.1. The van der Waals surface area contributed by atoms with Crippen molar-refractivity contribution in [3.05, 3.63) is 66.0 Å². The van der Waals surface area contributed by atoms with Crippen LogP contribution in [0, 0.1) is 0 Å². The minimum Gasteiger partial charge on any atom is -0.356 e. The first-order valence-corrected chi connectivity index (χ1v) is 6.77. The summed E-state index contributed by atoms with van der Waals surface area (Å²) in [5.41, 5.74) is 2.32. The summed E-state index contributed by atoms with van der Waals surface area (Å²) < 4.78 is 0. The Bertz CT molecular complexity index is 523. The van der Waals surface area contributed by atoms with E-state index in [0.29, 0.717) is 6.54 Å². The Labute approximate surface area is 120 Å². The third kappa shape index (κ3) is 4.72. The van der Waals surface area contributed by atoms with Crippen LogP contribution >= 0.6 is 0 Å². The van der Waals surface area contributed by atoms with Crippen molar-refractivity contribution >= 4 is 5.96 Å². The van der Waals surface area contributed by atoms with Gasteiger partial charge in [-0.2, -0.15) is 0 Å². The predicted molar refractivity (Wildman–Crippen MR) is 82.6 cm³/mol. The van der Waals surface area contributed by atoms with Gasteiger partial charge in [0, 0.05) is 19.8 Å². The summed E-state index contributed by atoms with van der Waals surface area (Å²) in [5, 5.41) is 6.55. The number of benzene rings is 1.